The molecule has 1 saturated carbocycles. The van der Waals surface area contributed by atoms with E-state index in [9.17, 15) is 0 Å². The Balaban J connectivity index is 1.09. The Bertz CT molecular complexity index is 4320. The van der Waals surface area contributed by atoms with E-state index in [1.165, 1.54) is 132 Å². The number of fused-ring (bicyclic) bond motifs is 14. The highest BCUT2D eigenvalue weighted by Crippen LogP contribution is 2.63. The van der Waals surface area contributed by atoms with Crippen LogP contribution in [0.5, 0.6) is 0 Å². The van der Waals surface area contributed by atoms with Gasteiger partial charge in [-0.1, -0.05) is 188 Å². The van der Waals surface area contributed by atoms with Crippen molar-refractivity contribution in [3.8, 4) is 0 Å². The summed E-state index contributed by atoms with van der Waals surface area (Å²) in [6.07, 6.45) is 9.39. The monoisotopic (exact) mass is 1090 g/mol. The second kappa shape index (κ2) is 16.5. The summed E-state index contributed by atoms with van der Waals surface area (Å²) < 4.78 is 6.90. The van der Waals surface area contributed by atoms with Crippen molar-refractivity contribution in [1.29, 1.82) is 0 Å². The second-order valence-electron chi connectivity index (χ2n) is 30.9. The van der Waals surface area contributed by atoms with Crippen molar-refractivity contribution in [3.63, 3.8) is 0 Å². The third-order valence-electron chi connectivity index (χ3n) is 23.8. The molecule has 2 atom stereocenters. The molecule has 0 bridgehead atoms. The number of furan rings is 1. The van der Waals surface area contributed by atoms with Gasteiger partial charge in [0.1, 0.15) is 11.2 Å². The highest BCUT2D eigenvalue weighted by atomic mass is 16.3. The first kappa shape index (κ1) is 51.6. The van der Waals surface area contributed by atoms with E-state index in [1.807, 2.05) is 0 Å². The predicted molar refractivity (Wildman–Crippen MR) is 352 cm³/mol. The van der Waals surface area contributed by atoms with Crippen LogP contribution in [0.4, 0.5) is 45.5 Å². The van der Waals surface area contributed by atoms with E-state index in [-0.39, 0.29) is 50.2 Å². The number of rotatable bonds is 3. The maximum atomic E-state index is 6.90. The third kappa shape index (κ3) is 6.66. The molecule has 0 N–H and O–H groups in total. The predicted octanol–water partition coefficient (Wildman–Crippen LogP) is 19.1. The molecule has 7 aliphatic rings. The lowest BCUT2D eigenvalue weighted by atomic mass is 9.32. The van der Waals surface area contributed by atoms with Crippen LogP contribution < -0.4 is 31.1 Å². The smallest absolute Gasteiger partial charge is 0.252 e. The van der Waals surface area contributed by atoms with Gasteiger partial charge in [0.25, 0.3) is 6.71 Å². The minimum absolute atomic E-state index is 0.00255. The first-order valence-corrected chi connectivity index (χ1v) is 31.6. The zero-order valence-electron chi connectivity index (χ0n) is 51.8. The molecule has 1 fully saturated rings. The molecule has 0 spiro atoms. The number of hydrogen-bond acceptors (Lipinski definition) is 4. The van der Waals surface area contributed by atoms with Crippen molar-refractivity contribution in [1.82, 2.24) is 0 Å². The van der Waals surface area contributed by atoms with Gasteiger partial charge in [0.05, 0.1) is 16.6 Å². The Hall–Kier alpha value is -6.98. The zero-order valence-corrected chi connectivity index (χ0v) is 51.8. The van der Waals surface area contributed by atoms with Gasteiger partial charge in [-0.15, -0.1) is 0 Å². The quantitative estimate of drug-likeness (QED) is 0.165. The maximum Gasteiger partial charge on any atom is 0.252 e. The molecule has 0 amide bonds. The van der Waals surface area contributed by atoms with Crippen LogP contribution in [0.2, 0.25) is 0 Å². The number of nitrogens with zero attached hydrogens (tertiary/aromatic N) is 3. The molecular formula is C78H82BN3O. The minimum atomic E-state index is -0.270. The molecule has 4 aliphatic carbocycles. The molecular weight excluding hydrogens is 1010 g/mol. The van der Waals surface area contributed by atoms with Crippen LogP contribution in [-0.4, -0.2) is 12.3 Å². The lowest BCUT2D eigenvalue weighted by Gasteiger charge is -2.52. The van der Waals surface area contributed by atoms with Gasteiger partial charge in [-0.05, 0) is 194 Å². The van der Waals surface area contributed by atoms with Crippen LogP contribution in [0, 0.1) is 0 Å². The molecule has 418 valence electrons. The Morgan fingerprint density at radius 3 is 1.55 bits per heavy atom. The van der Waals surface area contributed by atoms with Gasteiger partial charge >= 0.3 is 0 Å². The summed E-state index contributed by atoms with van der Waals surface area (Å²) in [5.41, 5.74) is 28.6. The average molecular weight is 1090 g/mol. The van der Waals surface area contributed by atoms with E-state index in [0.29, 0.717) is 0 Å². The topological polar surface area (TPSA) is 22.9 Å². The fourth-order valence-corrected chi connectivity index (χ4v) is 18.4. The largest absolute Gasteiger partial charge is 0.456 e. The summed E-state index contributed by atoms with van der Waals surface area (Å²) in [7, 11) is 0. The summed E-state index contributed by atoms with van der Waals surface area (Å²) >= 11 is 0. The molecule has 4 heterocycles. The van der Waals surface area contributed by atoms with Crippen LogP contribution in [-0.2, 0) is 37.9 Å². The van der Waals surface area contributed by atoms with Gasteiger partial charge < -0.3 is 19.1 Å². The van der Waals surface area contributed by atoms with E-state index < -0.39 is 0 Å². The van der Waals surface area contributed by atoms with Crippen LogP contribution >= 0.6 is 0 Å². The van der Waals surface area contributed by atoms with Crippen molar-refractivity contribution in [3.05, 3.63) is 196 Å². The SMILES string of the molecule is CC1(C)CCC(C)(C)c2cc(N3c4cc5c(cc4B4c6cc7c(cc6N(c6cccc8oc9ccccc9c68)c6cc(N8c9ccccc9C9(C)CCCCC89C)cc3c64)C(C)(C)c3ccccc3C7(C)C)C(C)(C)CCC5(C)C)ccc21. The Labute approximate surface area is 494 Å². The molecule has 9 aromatic rings. The molecule has 0 saturated heterocycles. The van der Waals surface area contributed by atoms with E-state index in [0.717, 1.165) is 53.3 Å². The fraction of sp³-hybridized carbons (Fsp3) is 0.385. The van der Waals surface area contributed by atoms with Gasteiger partial charge in [0.15, 0.2) is 0 Å². The van der Waals surface area contributed by atoms with Gasteiger partial charge in [-0.25, -0.2) is 0 Å². The summed E-state index contributed by atoms with van der Waals surface area (Å²) in [6, 6.07) is 58.2. The zero-order chi connectivity index (χ0) is 57.5. The van der Waals surface area contributed by atoms with Gasteiger partial charge in [-0.3, -0.25) is 0 Å². The molecule has 5 heteroatoms. The standard InChI is InChI=1S/C78H82BN3O/c1-71(2)36-37-72(3,4)54-40-47(32-33-50(54)71)80-63-45-56-55(73(5,6)38-39-74(56,7)8)43-59(63)79-60-44-57-58(76(11,12)52-26-17-16-25-51(52)75(57,9)10)46-64(60)81(62-29-23-31-68-69(62)49-24-15-20-30-67(49)83-68)66-42-48(41-65(80)70(66)79)82-61-28-19-18-27-53(61)77(13)34-21-22-35-78(77,82)14/h15-20,23-33,40-46H,21-22,34-39H2,1-14H3. The van der Waals surface area contributed by atoms with Crippen molar-refractivity contribution >= 4 is 90.5 Å². The number of hydrogen-bond donors (Lipinski definition) is 0. The highest BCUT2D eigenvalue weighted by Gasteiger charge is 2.59. The lowest BCUT2D eigenvalue weighted by molar-refractivity contribution is 0.195. The van der Waals surface area contributed by atoms with E-state index >= 15 is 0 Å². The molecule has 83 heavy (non-hydrogen) atoms. The van der Waals surface area contributed by atoms with Crippen molar-refractivity contribution in [2.45, 2.75) is 192 Å². The van der Waals surface area contributed by atoms with Crippen molar-refractivity contribution < 1.29 is 4.42 Å². The van der Waals surface area contributed by atoms with Crippen molar-refractivity contribution in [2.24, 2.45) is 0 Å². The minimum Gasteiger partial charge on any atom is -0.456 e. The van der Waals surface area contributed by atoms with Crippen molar-refractivity contribution in [2.75, 3.05) is 14.7 Å². The molecule has 8 aromatic carbocycles. The molecule has 4 nitrogen and oxygen atoms in total. The molecule has 1 aromatic heterocycles. The molecule has 0 radical (unpaired) electrons. The summed E-state index contributed by atoms with van der Waals surface area (Å²) in [6.45, 7) is 35.1. The third-order valence-corrected chi connectivity index (χ3v) is 23.8. The average Bonchev–Trinajstić information content (AvgIpc) is 1.63. The number of anilines is 8. The normalized spacial score (nSPS) is 23.7. The van der Waals surface area contributed by atoms with E-state index in [2.05, 4.69) is 257 Å². The summed E-state index contributed by atoms with van der Waals surface area (Å²) in [4.78, 5) is 8.36. The van der Waals surface area contributed by atoms with E-state index in [1.54, 1.807) is 0 Å². The Morgan fingerprint density at radius 1 is 0.361 bits per heavy atom. The van der Waals surface area contributed by atoms with Crippen LogP contribution in [0.3, 0.4) is 0 Å². The van der Waals surface area contributed by atoms with E-state index in [4.69, 9.17) is 4.42 Å². The number of para-hydroxylation sites is 2. The van der Waals surface area contributed by atoms with Gasteiger partial charge in [0, 0.05) is 61.4 Å². The molecule has 2 unspecified atom stereocenters. The van der Waals surface area contributed by atoms with Gasteiger partial charge in [-0.2, -0.15) is 0 Å². The number of benzene rings is 8. The Kier molecular flexibility index (Phi) is 10.2. The first-order valence-electron chi connectivity index (χ1n) is 31.6. The summed E-state index contributed by atoms with van der Waals surface area (Å²) in [5.74, 6) is 0. The summed E-state index contributed by atoms with van der Waals surface area (Å²) in [5, 5.41) is 2.29. The first-order chi connectivity index (χ1) is 39.4. The fourth-order valence-electron chi connectivity index (χ4n) is 18.4. The second-order valence-corrected chi connectivity index (χ2v) is 30.9. The molecule has 3 aliphatic heterocycles. The highest BCUT2D eigenvalue weighted by molar-refractivity contribution is 7.00. The molecule has 16 rings (SSSR count). The maximum absolute atomic E-state index is 6.90. The Morgan fingerprint density at radius 2 is 0.867 bits per heavy atom. The van der Waals surface area contributed by atoms with Gasteiger partial charge in [0.2, 0.25) is 0 Å². The lowest BCUT2D eigenvalue weighted by Crippen LogP contribution is -2.62. The van der Waals surface area contributed by atoms with Crippen LogP contribution in [0.1, 0.15) is 198 Å². The van der Waals surface area contributed by atoms with Crippen LogP contribution in [0.15, 0.2) is 150 Å². The van der Waals surface area contributed by atoms with Crippen LogP contribution in [0.25, 0.3) is 21.9 Å².